The van der Waals surface area contributed by atoms with E-state index in [0.29, 0.717) is 5.84 Å². The average Bonchev–Trinajstić information content (AvgIpc) is 3.25. The minimum absolute atomic E-state index is 0.00469. The largest absolute Gasteiger partial charge is 0.352 e. The number of benzene rings is 1. The van der Waals surface area contributed by atoms with Gasteiger partial charge in [0.2, 0.25) is 5.91 Å². The molecular weight excluding hydrogens is 411 g/mol. The number of nitrogens with one attached hydrogen (secondary N) is 1. The zero-order chi connectivity index (χ0) is 22.9. The molecule has 0 radical (unpaired) electrons. The number of hydrogen-bond acceptors (Lipinski definition) is 4. The molecule has 1 aromatic rings. The number of nitrogens with zero attached hydrogens (tertiary/aromatic N) is 3. The van der Waals surface area contributed by atoms with Gasteiger partial charge in [0, 0.05) is 12.2 Å². The molecule has 1 fully saturated rings. The number of amidine groups is 1. The summed E-state index contributed by atoms with van der Waals surface area (Å²) in [5.41, 5.74) is -0.463. The van der Waals surface area contributed by atoms with E-state index in [1.54, 1.807) is 30.2 Å². The molecule has 1 aromatic carbocycles. The van der Waals surface area contributed by atoms with E-state index < -0.39 is 23.2 Å². The van der Waals surface area contributed by atoms with Gasteiger partial charge < -0.3 is 10.2 Å². The van der Waals surface area contributed by atoms with E-state index in [1.807, 2.05) is 13.0 Å². The number of carbonyl (C=O) groups is 3. The van der Waals surface area contributed by atoms with Crippen LogP contribution in [0.5, 0.6) is 0 Å². The molecule has 0 saturated heterocycles. The van der Waals surface area contributed by atoms with Crippen molar-refractivity contribution >= 4 is 29.2 Å². The summed E-state index contributed by atoms with van der Waals surface area (Å²) in [5.74, 6) is -1.58. The lowest BCUT2D eigenvalue weighted by Crippen LogP contribution is -2.62. The lowest BCUT2D eigenvalue weighted by atomic mass is 9.89. The quantitative estimate of drug-likeness (QED) is 0.766. The standard InChI is InChI=1S/C24H27FN4O3/c1-16-11-12-20-27-21(30)13-24(2,29(20)14-16)23(32)28(19-10-6-5-9-18(19)25)15-22(31)26-17-7-3-4-8-17/h5-6,9-12,14,17H,3-4,7-8,13,15H2,1-2H3,(H,26,31). The topological polar surface area (TPSA) is 82.1 Å². The molecule has 1 atom stereocenters. The monoisotopic (exact) mass is 438 g/mol. The summed E-state index contributed by atoms with van der Waals surface area (Å²) >= 11 is 0. The van der Waals surface area contributed by atoms with Crippen molar-refractivity contribution in [3.63, 3.8) is 0 Å². The molecule has 4 rings (SSSR count). The summed E-state index contributed by atoms with van der Waals surface area (Å²) in [5, 5.41) is 2.96. The van der Waals surface area contributed by atoms with Crippen LogP contribution in [0.2, 0.25) is 0 Å². The number of rotatable bonds is 5. The third-order valence-electron chi connectivity index (χ3n) is 6.21. The Morgan fingerprint density at radius 1 is 1.25 bits per heavy atom. The van der Waals surface area contributed by atoms with Crippen molar-refractivity contribution < 1.29 is 18.8 Å². The van der Waals surface area contributed by atoms with Crippen molar-refractivity contribution in [3.8, 4) is 0 Å². The first-order chi connectivity index (χ1) is 15.3. The summed E-state index contributed by atoms with van der Waals surface area (Å²) in [6, 6.07) is 5.93. The zero-order valence-electron chi connectivity index (χ0n) is 18.3. The SMILES string of the molecule is CC1=CN2C(=NC(=O)CC2(C)C(=O)N(CC(=O)NC2CCCC2)c2ccccc2F)C=C1. The second-order valence-electron chi connectivity index (χ2n) is 8.78. The second kappa shape index (κ2) is 8.68. The molecule has 0 bridgehead atoms. The van der Waals surface area contributed by atoms with Crippen LogP contribution >= 0.6 is 0 Å². The van der Waals surface area contributed by atoms with Crippen LogP contribution in [0.1, 0.15) is 46.0 Å². The van der Waals surface area contributed by atoms with E-state index in [-0.39, 0.29) is 30.6 Å². The molecule has 2 aliphatic heterocycles. The number of hydrogen-bond donors (Lipinski definition) is 1. The van der Waals surface area contributed by atoms with Crippen molar-refractivity contribution in [2.24, 2.45) is 4.99 Å². The van der Waals surface area contributed by atoms with Crippen molar-refractivity contribution in [1.29, 1.82) is 0 Å². The van der Waals surface area contributed by atoms with Crippen LogP contribution in [0.15, 0.2) is 53.2 Å². The van der Waals surface area contributed by atoms with Crippen molar-refractivity contribution in [3.05, 3.63) is 54.0 Å². The van der Waals surface area contributed by atoms with Gasteiger partial charge >= 0.3 is 0 Å². The third kappa shape index (κ3) is 4.22. The molecule has 1 saturated carbocycles. The number of carbonyl (C=O) groups excluding carboxylic acids is 3. The number of halogens is 1. The fourth-order valence-electron chi connectivity index (χ4n) is 4.53. The Morgan fingerprint density at radius 2 is 1.97 bits per heavy atom. The maximum atomic E-state index is 14.8. The molecule has 8 heteroatoms. The van der Waals surface area contributed by atoms with Gasteiger partial charge in [-0.25, -0.2) is 4.39 Å². The zero-order valence-corrected chi connectivity index (χ0v) is 18.3. The normalized spacial score (nSPS) is 22.8. The van der Waals surface area contributed by atoms with Gasteiger partial charge in [-0.1, -0.05) is 31.1 Å². The van der Waals surface area contributed by atoms with Gasteiger partial charge in [0.15, 0.2) is 0 Å². The van der Waals surface area contributed by atoms with Crippen LogP contribution in [-0.4, -0.2) is 46.6 Å². The molecule has 2 heterocycles. The first-order valence-corrected chi connectivity index (χ1v) is 10.9. The first-order valence-electron chi connectivity index (χ1n) is 10.9. The minimum Gasteiger partial charge on any atom is -0.352 e. The summed E-state index contributed by atoms with van der Waals surface area (Å²) in [6.07, 6.45) is 8.96. The van der Waals surface area contributed by atoms with E-state index in [9.17, 15) is 18.8 Å². The Labute approximate surface area is 186 Å². The highest BCUT2D eigenvalue weighted by atomic mass is 19.1. The fraction of sp³-hybridized carbons (Fsp3) is 0.417. The van der Waals surface area contributed by atoms with Crippen LogP contribution < -0.4 is 10.2 Å². The second-order valence-corrected chi connectivity index (χ2v) is 8.78. The highest BCUT2D eigenvalue weighted by Gasteiger charge is 2.48. The molecule has 0 aromatic heterocycles. The van der Waals surface area contributed by atoms with Crippen molar-refractivity contribution in [2.45, 2.75) is 57.5 Å². The van der Waals surface area contributed by atoms with E-state index in [1.165, 1.54) is 18.2 Å². The van der Waals surface area contributed by atoms with Crippen LogP contribution in [-0.2, 0) is 14.4 Å². The minimum atomic E-state index is -1.35. The summed E-state index contributed by atoms with van der Waals surface area (Å²) in [4.78, 5) is 46.0. The highest BCUT2D eigenvalue weighted by Crippen LogP contribution is 2.33. The molecule has 1 aliphatic carbocycles. The van der Waals surface area contributed by atoms with Gasteiger partial charge in [0.1, 0.15) is 23.7 Å². The van der Waals surface area contributed by atoms with E-state index in [0.717, 1.165) is 36.2 Å². The van der Waals surface area contributed by atoms with Crippen LogP contribution in [0.25, 0.3) is 0 Å². The Kier molecular flexibility index (Phi) is 5.95. The fourth-order valence-corrected chi connectivity index (χ4v) is 4.53. The molecule has 3 aliphatic rings. The predicted molar refractivity (Wildman–Crippen MR) is 119 cm³/mol. The first kappa shape index (κ1) is 21.9. The third-order valence-corrected chi connectivity index (χ3v) is 6.21. The maximum absolute atomic E-state index is 14.8. The van der Waals surface area contributed by atoms with E-state index >= 15 is 0 Å². The molecule has 0 spiro atoms. The van der Waals surface area contributed by atoms with Gasteiger partial charge in [0.05, 0.1) is 12.1 Å². The predicted octanol–water partition coefficient (Wildman–Crippen LogP) is 3.08. The molecule has 168 valence electrons. The Balaban J connectivity index is 1.68. The van der Waals surface area contributed by atoms with Gasteiger partial charge in [0.25, 0.3) is 11.8 Å². The molecule has 3 amide bonds. The Hall–Kier alpha value is -3.29. The Bertz CT molecular complexity index is 1040. The molecular formula is C24H27FN4O3. The molecule has 7 nitrogen and oxygen atoms in total. The lowest BCUT2D eigenvalue weighted by molar-refractivity contribution is -0.133. The number of allylic oxidation sites excluding steroid dienone is 2. The number of para-hydroxylation sites is 1. The summed E-state index contributed by atoms with van der Waals surface area (Å²) in [6.45, 7) is 3.17. The van der Waals surface area contributed by atoms with Gasteiger partial charge in [-0.2, -0.15) is 4.99 Å². The number of fused-ring (bicyclic) bond motifs is 1. The Morgan fingerprint density at radius 3 is 2.69 bits per heavy atom. The van der Waals surface area contributed by atoms with Crippen LogP contribution in [0.4, 0.5) is 10.1 Å². The number of aliphatic imine (C=N–C) groups is 1. The van der Waals surface area contributed by atoms with Gasteiger partial charge in [-0.3, -0.25) is 19.3 Å². The number of anilines is 1. The van der Waals surface area contributed by atoms with Crippen LogP contribution in [0, 0.1) is 5.82 Å². The molecule has 1 unspecified atom stereocenters. The molecule has 1 N–H and O–H groups in total. The molecule has 32 heavy (non-hydrogen) atoms. The summed E-state index contributed by atoms with van der Waals surface area (Å²) < 4.78 is 14.8. The number of amides is 3. The van der Waals surface area contributed by atoms with Crippen LogP contribution in [0.3, 0.4) is 0 Å². The van der Waals surface area contributed by atoms with Crippen molar-refractivity contribution in [1.82, 2.24) is 10.2 Å². The smallest absolute Gasteiger partial charge is 0.254 e. The summed E-state index contributed by atoms with van der Waals surface area (Å²) in [7, 11) is 0. The van der Waals surface area contributed by atoms with Crippen molar-refractivity contribution in [2.75, 3.05) is 11.4 Å². The average molecular weight is 439 g/mol. The lowest BCUT2D eigenvalue weighted by Gasteiger charge is -2.44. The van der Waals surface area contributed by atoms with Gasteiger partial charge in [-0.15, -0.1) is 0 Å². The van der Waals surface area contributed by atoms with E-state index in [2.05, 4.69) is 10.3 Å². The maximum Gasteiger partial charge on any atom is 0.254 e. The highest BCUT2D eigenvalue weighted by molar-refractivity contribution is 6.13. The van der Waals surface area contributed by atoms with E-state index in [4.69, 9.17) is 0 Å². The van der Waals surface area contributed by atoms with Gasteiger partial charge in [-0.05, 0) is 50.5 Å².